The summed E-state index contributed by atoms with van der Waals surface area (Å²) >= 11 is 1.25. The number of ether oxygens (including phenoxy) is 1. The highest BCUT2D eigenvalue weighted by Gasteiger charge is 2.27. The van der Waals surface area contributed by atoms with Gasteiger partial charge in [-0.15, -0.1) is 11.3 Å². The molecule has 1 aromatic heterocycles. The normalized spacial score (nSPS) is 11.5. The number of likely N-dealkylation sites (N-methyl/N-ethyl adjacent to an activating group) is 1. The van der Waals surface area contributed by atoms with E-state index in [4.69, 9.17) is 4.74 Å². The van der Waals surface area contributed by atoms with Crippen molar-refractivity contribution in [2.24, 2.45) is 5.92 Å². The molecule has 11 heteroatoms. The van der Waals surface area contributed by atoms with Crippen molar-refractivity contribution >= 4 is 51.7 Å². The van der Waals surface area contributed by atoms with Gasteiger partial charge in [-0.1, -0.05) is 44.2 Å². The Hall–Kier alpha value is -4.25. The van der Waals surface area contributed by atoms with Crippen LogP contribution in [0, 0.1) is 12.8 Å². The quantitative estimate of drug-likeness (QED) is 0.261. The molecule has 0 saturated carbocycles. The number of esters is 1. The van der Waals surface area contributed by atoms with E-state index >= 15 is 0 Å². The van der Waals surface area contributed by atoms with Crippen molar-refractivity contribution in [3.8, 4) is 0 Å². The molecule has 2 aromatic carbocycles. The van der Waals surface area contributed by atoms with Gasteiger partial charge >= 0.3 is 12.0 Å². The van der Waals surface area contributed by atoms with Crippen LogP contribution in [0.2, 0.25) is 0 Å². The highest BCUT2D eigenvalue weighted by atomic mass is 32.1. The highest BCUT2D eigenvalue weighted by molar-refractivity contribution is 7.14. The Kier molecular flexibility index (Phi) is 11.4. The van der Waals surface area contributed by atoms with Crippen molar-refractivity contribution in [3.05, 3.63) is 70.7 Å². The maximum atomic E-state index is 13.3. The van der Waals surface area contributed by atoms with E-state index < -0.39 is 6.04 Å². The second-order valence-electron chi connectivity index (χ2n) is 10.0. The maximum absolute atomic E-state index is 13.3. The number of hydrogen-bond donors (Lipinski definition) is 3. The number of nitrogens with zero attached hydrogens (tertiary/aromatic N) is 2. The van der Waals surface area contributed by atoms with Crippen molar-refractivity contribution in [1.29, 1.82) is 0 Å². The van der Waals surface area contributed by atoms with Gasteiger partial charge in [-0.05, 0) is 55.5 Å². The molecular weight excluding hydrogens is 542 g/mol. The Labute approximate surface area is 244 Å². The van der Waals surface area contributed by atoms with Crippen LogP contribution in [0.5, 0.6) is 0 Å². The number of para-hydroxylation sites is 1. The van der Waals surface area contributed by atoms with E-state index in [2.05, 4.69) is 20.9 Å². The minimum atomic E-state index is -0.740. The second-order valence-corrected chi connectivity index (χ2v) is 10.9. The molecule has 1 atom stereocenters. The van der Waals surface area contributed by atoms with Crippen molar-refractivity contribution in [3.63, 3.8) is 0 Å². The number of benzene rings is 2. The van der Waals surface area contributed by atoms with E-state index in [1.807, 2.05) is 45.0 Å². The molecule has 1 heterocycles. The predicted octanol–water partition coefficient (Wildman–Crippen LogP) is 4.94. The molecule has 0 aliphatic rings. The fourth-order valence-electron chi connectivity index (χ4n) is 4.05. The van der Waals surface area contributed by atoms with Crippen LogP contribution < -0.4 is 20.9 Å². The van der Waals surface area contributed by atoms with E-state index in [0.717, 1.165) is 16.8 Å². The third-order valence-electron chi connectivity index (χ3n) is 6.10. The van der Waals surface area contributed by atoms with Gasteiger partial charge < -0.3 is 20.7 Å². The number of aromatic nitrogens is 1. The van der Waals surface area contributed by atoms with Gasteiger partial charge in [0.1, 0.15) is 6.04 Å². The van der Waals surface area contributed by atoms with Gasteiger partial charge in [-0.3, -0.25) is 19.3 Å². The number of anilines is 3. The molecule has 0 radical (unpaired) electrons. The Balaban J connectivity index is 1.57. The average molecular weight is 580 g/mol. The average Bonchev–Trinajstić information content (AvgIpc) is 3.38. The van der Waals surface area contributed by atoms with E-state index in [1.165, 1.54) is 16.2 Å². The Morgan fingerprint density at radius 2 is 1.71 bits per heavy atom. The summed E-state index contributed by atoms with van der Waals surface area (Å²) in [5.74, 6) is -0.803. The lowest BCUT2D eigenvalue weighted by Crippen LogP contribution is -2.48. The lowest BCUT2D eigenvalue weighted by Gasteiger charge is -2.24. The van der Waals surface area contributed by atoms with E-state index in [9.17, 15) is 19.2 Å². The molecule has 41 heavy (non-hydrogen) atoms. The molecule has 0 bridgehead atoms. The topological polar surface area (TPSA) is 130 Å². The van der Waals surface area contributed by atoms with Gasteiger partial charge in [-0.2, -0.15) is 0 Å². The Bertz CT molecular complexity index is 1360. The summed E-state index contributed by atoms with van der Waals surface area (Å²) in [7, 11) is 1.61. The zero-order valence-corrected chi connectivity index (χ0v) is 24.8. The van der Waals surface area contributed by atoms with Crippen LogP contribution in [0.25, 0.3) is 0 Å². The van der Waals surface area contributed by atoms with Crippen molar-refractivity contribution in [1.82, 2.24) is 10.3 Å². The monoisotopic (exact) mass is 579 g/mol. The van der Waals surface area contributed by atoms with Gasteiger partial charge in [0.25, 0.3) is 5.91 Å². The van der Waals surface area contributed by atoms with E-state index in [1.54, 1.807) is 43.6 Å². The van der Waals surface area contributed by atoms with Gasteiger partial charge in [0.15, 0.2) is 5.13 Å². The minimum absolute atomic E-state index is 0.0320. The van der Waals surface area contributed by atoms with Crippen LogP contribution in [-0.4, -0.2) is 48.5 Å². The first-order chi connectivity index (χ1) is 19.5. The van der Waals surface area contributed by atoms with Gasteiger partial charge in [-0.25, -0.2) is 9.78 Å². The molecule has 3 N–H and O–H groups in total. The highest BCUT2D eigenvalue weighted by Crippen LogP contribution is 2.22. The SMILES string of the molecule is CCOC(=O)Cc1csc(N(C)C(=O)[C@H](CC(C)C)NC(=O)Cc2ccc(NC(=O)Nc3ccccc3C)cc2)n1. The fourth-order valence-corrected chi connectivity index (χ4v) is 4.84. The summed E-state index contributed by atoms with van der Waals surface area (Å²) in [5, 5.41) is 10.6. The molecule has 3 rings (SSSR count). The molecule has 0 saturated heterocycles. The molecule has 0 unspecified atom stereocenters. The standard InChI is InChI=1S/C30H37N5O5S/c1-6-40-27(37)17-23-18-41-30(32-23)35(5)28(38)25(15-19(2)3)33-26(36)16-21-11-13-22(14-12-21)31-29(39)34-24-10-8-7-9-20(24)4/h7-14,18-19,25H,6,15-17H2,1-5H3,(H,33,36)(H2,31,34,39)/t25-/m0/s1. The first kappa shape index (κ1) is 31.3. The summed E-state index contributed by atoms with van der Waals surface area (Å²) in [4.78, 5) is 56.2. The molecule has 218 valence electrons. The van der Waals surface area contributed by atoms with E-state index in [-0.39, 0.29) is 49.2 Å². The number of rotatable bonds is 12. The van der Waals surface area contributed by atoms with Crippen LogP contribution in [0.15, 0.2) is 53.9 Å². The number of carbonyl (C=O) groups excluding carboxylic acids is 4. The van der Waals surface area contributed by atoms with Gasteiger partial charge in [0.05, 0.1) is 25.1 Å². The van der Waals surface area contributed by atoms with E-state index in [0.29, 0.717) is 22.9 Å². The zero-order valence-electron chi connectivity index (χ0n) is 24.0. The number of urea groups is 1. The molecule has 3 aromatic rings. The summed E-state index contributed by atoms with van der Waals surface area (Å²) in [5.41, 5.74) is 3.52. The predicted molar refractivity (Wildman–Crippen MR) is 161 cm³/mol. The van der Waals surface area contributed by atoms with Gasteiger partial charge in [0, 0.05) is 23.8 Å². The number of thiazole rings is 1. The number of aryl methyl sites for hydroxylation is 1. The minimum Gasteiger partial charge on any atom is -0.466 e. The van der Waals surface area contributed by atoms with Gasteiger partial charge in [0.2, 0.25) is 5.91 Å². The summed E-state index contributed by atoms with van der Waals surface area (Å²) in [6.45, 7) is 7.90. The van der Waals surface area contributed by atoms with Crippen molar-refractivity contribution in [2.75, 3.05) is 29.2 Å². The van der Waals surface area contributed by atoms with Crippen LogP contribution in [0.4, 0.5) is 21.3 Å². The van der Waals surface area contributed by atoms with Crippen LogP contribution in [0.3, 0.4) is 0 Å². The van der Waals surface area contributed by atoms with Crippen LogP contribution in [0.1, 0.15) is 44.0 Å². The molecular formula is C30H37N5O5S. The first-order valence-corrected chi connectivity index (χ1v) is 14.3. The van der Waals surface area contributed by atoms with Crippen LogP contribution in [-0.2, 0) is 32.0 Å². The molecule has 4 amide bonds. The Morgan fingerprint density at radius 1 is 1.00 bits per heavy atom. The smallest absolute Gasteiger partial charge is 0.323 e. The third-order valence-corrected chi connectivity index (χ3v) is 7.06. The number of hydrogen-bond acceptors (Lipinski definition) is 7. The lowest BCUT2D eigenvalue weighted by molar-refractivity contribution is -0.142. The molecule has 0 aliphatic heterocycles. The largest absolute Gasteiger partial charge is 0.466 e. The molecule has 0 aliphatic carbocycles. The van der Waals surface area contributed by atoms with Crippen molar-refractivity contribution < 1.29 is 23.9 Å². The summed E-state index contributed by atoms with van der Waals surface area (Å²) in [6, 6.07) is 13.4. The summed E-state index contributed by atoms with van der Waals surface area (Å²) < 4.78 is 4.96. The second kappa shape index (κ2) is 14.9. The molecule has 10 nitrogen and oxygen atoms in total. The molecule has 0 spiro atoms. The maximum Gasteiger partial charge on any atom is 0.323 e. The lowest BCUT2D eigenvalue weighted by atomic mass is 10.0. The Morgan fingerprint density at radius 3 is 2.37 bits per heavy atom. The van der Waals surface area contributed by atoms with Crippen molar-refractivity contribution in [2.45, 2.75) is 53.0 Å². The third kappa shape index (κ3) is 9.71. The molecule has 0 fully saturated rings. The fraction of sp³-hybridized carbons (Fsp3) is 0.367. The first-order valence-electron chi connectivity index (χ1n) is 13.4. The number of nitrogens with one attached hydrogen (secondary N) is 3. The number of amides is 4. The summed E-state index contributed by atoms with van der Waals surface area (Å²) in [6.07, 6.45) is 0.557. The van der Waals surface area contributed by atoms with Crippen LogP contribution >= 0.6 is 11.3 Å². The number of carbonyl (C=O) groups is 4. The zero-order chi connectivity index (χ0) is 29.9.